The molecule has 2 heterocycles. The van der Waals surface area contributed by atoms with E-state index in [2.05, 4.69) is 19.8 Å². The number of anilines is 1. The number of carbonyl (C=O) groups is 1. The molecular weight excluding hydrogens is 302 g/mol. The van der Waals surface area contributed by atoms with E-state index in [0.29, 0.717) is 13.1 Å². The first-order valence-electron chi connectivity index (χ1n) is 8.54. The van der Waals surface area contributed by atoms with Gasteiger partial charge in [-0.15, -0.1) is 0 Å². The van der Waals surface area contributed by atoms with E-state index in [-0.39, 0.29) is 5.91 Å². The molecule has 6 heteroatoms. The highest BCUT2D eigenvalue weighted by molar-refractivity contribution is 5.94. The highest BCUT2D eigenvalue weighted by Crippen LogP contribution is 2.14. The number of aromatic nitrogens is 2. The number of rotatable bonds is 6. The Morgan fingerprint density at radius 1 is 1.17 bits per heavy atom. The maximum Gasteiger partial charge on any atom is 0.241 e. The van der Waals surface area contributed by atoms with Crippen molar-refractivity contribution in [3.05, 3.63) is 48.5 Å². The fourth-order valence-corrected chi connectivity index (χ4v) is 3.09. The standard InChI is InChI=1S/C18H25N5O/c1-2-23(16-6-4-3-5-7-16)18(24)15-22-12-10-21(11-13-22)14-17-19-8-9-20-17/h3-9H,2,10-15H2,1H3,(H,19,20). The fourth-order valence-electron chi connectivity index (χ4n) is 3.09. The summed E-state index contributed by atoms with van der Waals surface area (Å²) in [5.74, 6) is 1.17. The average Bonchev–Trinajstić information content (AvgIpc) is 3.11. The lowest BCUT2D eigenvalue weighted by Crippen LogP contribution is -2.49. The minimum absolute atomic E-state index is 0.170. The fraction of sp³-hybridized carbons (Fsp3) is 0.444. The van der Waals surface area contributed by atoms with E-state index < -0.39 is 0 Å². The Bertz CT molecular complexity index is 620. The van der Waals surface area contributed by atoms with E-state index in [9.17, 15) is 4.79 Å². The lowest BCUT2D eigenvalue weighted by atomic mass is 10.2. The molecular formula is C18H25N5O. The second kappa shape index (κ2) is 8.08. The third-order valence-electron chi connectivity index (χ3n) is 4.44. The number of amides is 1. The number of H-pyrrole nitrogens is 1. The number of hydrogen-bond donors (Lipinski definition) is 1. The molecule has 0 unspecified atom stereocenters. The Morgan fingerprint density at radius 2 is 1.88 bits per heavy atom. The number of nitrogens with zero attached hydrogens (tertiary/aromatic N) is 4. The molecule has 3 rings (SSSR count). The molecule has 1 amide bonds. The smallest absolute Gasteiger partial charge is 0.241 e. The van der Waals surface area contributed by atoms with Crippen molar-refractivity contribution in [1.82, 2.24) is 19.8 Å². The van der Waals surface area contributed by atoms with Gasteiger partial charge in [0.1, 0.15) is 5.82 Å². The van der Waals surface area contributed by atoms with Gasteiger partial charge in [0.15, 0.2) is 0 Å². The molecule has 0 spiro atoms. The molecule has 0 radical (unpaired) electrons. The summed E-state index contributed by atoms with van der Waals surface area (Å²) in [6.45, 7) is 7.80. The molecule has 0 saturated carbocycles. The predicted octanol–water partition coefficient (Wildman–Crippen LogP) is 1.58. The van der Waals surface area contributed by atoms with Gasteiger partial charge in [-0.3, -0.25) is 14.6 Å². The molecule has 0 atom stereocenters. The average molecular weight is 327 g/mol. The molecule has 128 valence electrons. The van der Waals surface area contributed by atoms with E-state index in [1.165, 1.54) is 0 Å². The van der Waals surface area contributed by atoms with Gasteiger partial charge in [-0.25, -0.2) is 4.98 Å². The summed E-state index contributed by atoms with van der Waals surface area (Å²) >= 11 is 0. The van der Waals surface area contributed by atoms with Crippen LogP contribution in [-0.4, -0.2) is 64.9 Å². The summed E-state index contributed by atoms with van der Waals surface area (Å²) in [4.78, 5) is 26.5. The molecule has 1 aliphatic heterocycles. The van der Waals surface area contributed by atoms with Gasteiger partial charge < -0.3 is 9.88 Å². The van der Waals surface area contributed by atoms with Gasteiger partial charge in [-0.2, -0.15) is 0 Å². The van der Waals surface area contributed by atoms with Crippen LogP contribution in [0.5, 0.6) is 0 Å². The molecule has 6 nitrogen and oxygen atoms in total. The first kappa shape index (κ1) is 16.7. The van der Waals surface area contributed by atoms with E-state index in [1.54, 1.807) is 6.20 Å². The summed E-state index contributed by atoms with van der Waals surface area (Å²) in [6.07, 6.45) is 3.64. The van der Waals surface area contributed by atoms with Crippen molar-refractivity contribution in [3.63, 3.8) is 0 Å². The van der Waals surface area contributed by atoms with Crippen LogP contribution in [0.25, 0.3) is 0 Å². The lowest BCUT2D eigenvalue weighted by Gasteiger charge is -2.34. The van der Waals surface area contributed by atoms with Crippen molar-refractivity contribution in [2.45, 2.75) is 13.5 Å². The maximum absolute atomic E-state index is 12.6. The van der Waals surface area contributed by atoms with Crippen LogP contribution in [0, 0.1) is 0 Å². The van der Waals surface area contributed by atoms with E-state index >= 15 is 0 Å². The third-order valence-corrected chi connectivity index (χ3v) is 4.44. The monoisotopic (exact) mass is 327 g/mol. The minimum Gasteiger partial charge on any atom is -0.348 e. The zero-order valence-corrected chi connectivity index (χ0v) is 14.2. The second-order valence-electron chi connectivity index (χ2n) is 6.06. The Hall–Kier alpha value is -2.18. The summed E-state index contributed by atoms with van der Waals surface area (Å²) in [6, 6.07) is 9.89. The van der Waals surface area contributed by atoms with Crippen molar-refractivity contribution in [3.8, 4) is 0 Å². The number of para-hydroxylation sites is 1. The largest absolute Gasteiger partial charge is 0.348 e. The summed E-state index contributed by atoms with van der Waals surface area (Å²) < 4.78 is 0. The van der Waals surface area contributed by atoms with Crippen LogP contribution >= 0.6 is 0 Å². The maximum atomic E-state index is 12.6. The molecule has 0 bridgehead atoms. The predicted molar refractivity (Wildman–Crippen MR) is 94.8 cm³/mol. The van der Waals surface area contributed by atoms with Crippen LogP contribution in [-0.2, 0) is 11.3 Å². The summed E-state index contributed by atoms with van der Waals surface area (Å²) in [5, 5.41) is 0. The Morgan fingerprint density at radius 3 is 2.50 bits per heavy atom. The highest BCUT2D eigenvalue weighted by atomic mass is 16.2. The van der Waals surface area contributed by atoms with Gasteiger partial charge in [0.05, 0.1) is 13.1 Å². The second-order valence-corrected chi connectivity index (χ2v) is 6.06. The molecule has 1 aliphatic rings. The van der Waals surface area contributed by atoms with Crippen LogP contribution in [0.4, 0.5) is 5.69 Å². The van der Waals surface area contributed by atoms with Gasteiger partial charge >= 0.3 is 0 Å². The number of benzene rings is 1. The van der Waals surface area contributed by atoms with Crippen molar-refractivity contribution in [2.75, 3.05) is 44.2 Å². The molecule has 1 fully saturated rings. The number of imidazole rings is 1. The van der Waals surface area contributed by atoms with Crippen LogP contribution < -0.4 is 4.90 Å². The van der Waals surface area contributed by atoms with Crippen molar-refractivity contribution < 1.29 is 4.79 Å². The molecule has 1 N–H and O–H groups in total. The highest BCUT2D eigenvalue weighted by Gasteiger charge is 2.22. The number of nitrogens with one attached hydrogen (secondary N) is 1. The summed E-state index contributed by atoms with van der Waals surface area (Å²) in [5.41, 5.74) is 0.974. The topological polar surface area (TPSA) is 55.5 Å². The molecule has 1 aromatic carbocycles. The molecule has 24 heavy (non-hydrogen) atoms. The van der Waals surface area contributed by atoms with Gasteiger partial charge in [-0.05, 0) is 19.1 Å². The van der Waals surface area contributed by atoms with Gasteiger partial charge in [0.2, 0.25) is 5.91 Å². The van der Waals surface area contributed by atoms with E-state index in [4.69, 9.17) is 0 Å². The van der Waals surface area contributed by atoms with Crippen LogP contribution in [0.1, 0.15) is 12.7 Å². The first-order chi connectivity index (χ1) is 11.8. The van der Waals surface area contributed by atoms with Crippen LogP contribution in [0.15, 0.2) is 42.7 Å². The SMILES string of the molecule is CCN(C(=O)CN1CCN(Cc2ncc[nH]2)CC1)c1ccccc1. The van der Waals surface area contributed by atoms with Gasteiger partial charge in [0.25, 0.3) is 0 Å². The van der Waals surface area contributed by atoms with E-state index in [1.807, 2.05) is 48.4 Å². The first-order valence-corrected chi connectivity index (χ1v) is 8.54. The number of aromatic amines is 1. The molecule has 1 aromatic heterocycles. The van der Waals surface area contributed by atoms with E-state index in [0.717, 1.165) is 44.2 Å². The minimum atomic E-state index is 0.170. The van der Waals surface area contributed by atoms with Crippen LogP contribution in [0.3, 0.4) is 0 Å². The Kier molecular flexibility index (Phi) is 5.61. The number of piperazine rings is 1. The quantitative estimate of drug-likeness (QED) is 0.875. The number of carbonyl (C=O) groups excluding carboxylic acids is 1. The van der Waals surface area contributed by atoms with Gasteiger partial charge in [0, 0.05) is 50.8 Å². The molecule has 2 aromatic rings. The lowest BCUT2D eigenvalue weighted by molar-refractivity contribution is -0.120. The number of likely N-dealkylation sites (N-methyl/N-ethyl adjacent to an activating group) is 1. The van der Waals surface area contributed by atoms with Crippen molar-refractivity contribution in [1.29, 1.82) is 0 Å². The summed E-state index contributed by atoms with van der Waals surface area (Å²) in [7, 11) is 0. The van der Waals surface area contributed by atoms with Gasteiger partial charge in [-0.1, -0.05) is 18.2 Å². The normalized spacial score (nSPS) is 16.2. The third kappa shape index (κ3) is 4.21. The molecule has 0 aliphatic carbocycles. The zero-order chi connectivity index (χ0) is 16.8. The van der Waals surface area contributed by atoms with Crippen LogP contribution in [0.2, 0.25) is 0 Å². The zero-order valence-electron chi connectivity index (χ0n) is 14.2. The Balaban J connectivity index is 1.49. The van der Waals surface area contributed by atoms with Crippen molar-refractivity contribution in [2.24, 2.45) is 0 Å². The Labute approximate surface area is 143 Å². The number of hydrogen-bond acceptors (Lipinski definition) is 4. The molecule has 1 saturated heterocycles. The van der Waals surface area contributed by atoms with Crippen molar-refractivity contribution >= 4 is 11.6 Å².